The van der Waals surface area contributed by atoms with Crippen LogP contribution in [-0.4, -0.2) is 30.7 Å². The Morgan fingerprint density at radius 1 is 1.15 bits per heavy atom. The Morgan fingerprint density at radius 3 is 2.85 bits per heavy atom. The summed E-state index contributed by atoms with van der Waals surface area (Å²) in [4.78, 5) is 6.98. The van der Waals surface area contributed by atoms with Gasteiger partial charge in [0.25, 0.3) is 0 Å². The first kappa shape index (κ1) is 18.4. The lowest BCUT2D eigenvalue weighted by Gasteiger charge is -2.23. The summed E-state index contributed by atoms with van der Waals surface area (Å²) in [6.45, 7) is 10.4. The van der Waals surface area contributed by atoms with Crippen molar-refractivity contribution in [1.82, 2.24) is 10.2 Å². The largest absolute Gasteiger partial charge is 0.335 e. The van der Waals surface area contributed by atoms with Crippen LogP contribution in [0.4, 0.5) is 0 Å². The van der Waals surface area contributed by atoms with Crippen molar-refractivity contribution in [2.45, 2.75) is 32.1 Å². The molecular formula is C23H29N3. The molecule has 2 aliphatic heterocycles. The molecule has 2 aliphatic rings. The number of benzene rings is 1. The van der Waals surface area contributed by atoms with Crippen LogP contribution < -0.4 is 5.32 Å². The number of fused-ring (bicyclic) bond motifs is 3. The topological polar surface area (TPSA) is 27.6 Å². The van der Waals surface area contributed by atoms with Gasteiger partial charge in [-0.25, -0.2) is 4.99 Å². The van der Waals surface area contributed by atoms with E-state index < -0.39 is 0 Å². The van der Waals surface area contributed by atoms with Crippen molar-refractivity contribution >= 4 is 11.3 Å². The van der Waals surface area contributed by atoms with Gasteiger partial charge in [-0.1, -0.05) is 43.5 Å². The maximum absolute atomic E-state index is 4.92. The molecular weight excluding hydrogens is 318 g/mol. The third kappa shape index (κ3) is 4.41. The summed E-state index contributed by atoms with van der Waals surface area (Å²) in [5.41, 5.74) is 5.68. The van der Waals surface area contributed by atoms with Crippen molar-refractivity contribution in [3.63, 3.8) is 0 Å². The van der Waals surface area contributed by atoms with Gasteiger partial charge in [0.15, 0.2) is 0 Å². The molecule has 0 aliphatic carbocycles. The first-order chi connectivity index (χ1) is 12.7. The molecule has 2 heterocycles. The standard InChI is InChI=1S/C23H29N3/c1-4-21-20-12-7-11-19(17-20)10-5-6-14-24-15-8-9-18(2)22-13-16-26(3)23(21)25-22/h4,7,11-13,16-17,24H,1-2,5-6,8-10,14-15H2,3H3/b23-21+. The van der Waals surface area contributed by atoms with Crippen LogP contribution >= 0.6 is 0 Å². The fourth-order valence-corrected chi connectivity index (χ4v) is 3.42. The molecule has 3 nitrogen and oxygen atoms in total. The number of aliphatic imine (C=N–C) groups is 1. The highest BCUT2D eigenvalue weighted by atomic mass is 15.2. The normalized spacial score (nSPS) is 22.1. The van der Waals surface area contributed by atoms with E-state index in [0.717, 1.165) is 55.0 Å². The van der Waals surface area contributed by atoms with Crippen LogP contribution in [0.5, 0.6) is 0 Å². The Hall–Kier alpha value is -2.39. The van der Waals surface area contributed by atoms with Crippen LogP contribution in [0.3, 0.4) is 0 Å². The molecule has 0 amide bonds. The van der Waals surface area contributed by atoms with Gasteiger partial charge in [-0.2, -0.15) is 0 Å². The quantitative estimate of drug-likeness (QED) is 0.797. The highest BCUT2D eigenvalue weighted by molar-refractivity contribution is 6.09. The number of rotatable bonds is 1. The average molecular weight is 348 g/mol. The summed E-state index contributed by atoms with van der Waals surface area (Å²) in [6.07, 6.45) is 11.6. The van der Waals surface area contributed by atoms with E-state index in [-0.39, 0.29) is 0 Å². The van der Waals surface area contributed by atoms with Gasteiger partial charge in [0, 0.05) is 18.8 Å². The van der Waals surface area contributed by atoms with Gasteiger partial charge in [0.1, 0.15) is 5.82 Å². The van der Waals surface area contributed by atoms with Gasteiger partial charge >= 0.3 is 0 Å². The Kier molecular flexibility index (Phi) is 6.24. The number of allylic oxidation sites excluding steroid dienone is 4. The van der Waals surface area contributed by atoms with Gasteiger partial charge in [0.05, 0.1) is 5.71 Å². The molecule has 26 heavy (non-hydrogen) atoms. The minimum atomic E-state index is 0.931. The molecule has 1 aromatic rings. The van der Waals surface area contributed by atoms with E-state index in [0.29, 0.717) is 0 Å². The van der Waals surface area contributed by atoms with E-state index in [4.69, 9.17) is 4.99 Å². The van der Waals surface area contributed by atoms with Crippen LogP contribution in [0.2, 0.25) is 0 Å². The van der Waals surface area contributed by atoms with Gasteiger partial charge < -0.3 is 10.2 Å². The van der Waals surface area contributed by atoms with E-state index in [1.54, 1.807) is 0 Å². The van der Waals surface area contributed by atoms with Crippen molar-refractivity contribution in [2.75, 3.05) is 20.1 Å². The predicted molar refractivity (Wildman–Crippen MR) is 112 cm³/mol. The number of nitrogens with zero attached hydrogens (tertiary/aromatic N) is 2. The van der Waals surface area contributed by atoms with Crippen molar-refractivity contribution in [3.8, 4) is 0 Å². The van der Waals surface area contributed by atoms with E-state index >= 15 is 0 Å². The number of nitrogens with one attached hydrogen (secondary N) is 1. The Labute approximate surface area is 157 Å². The molecule has 0 fully saturated rings. The zero-order valence-electron chi connectivity index (χ0n) is 15.8. The summed E-state index contributed by atoms with van der Waals surface area (Å²) < 4.78 is 0. The van der Waals surface area contributed by atoms with E-state index in [2.05, 4.69) is 59.9 Å². The van der Waals surface area contributed by atoms with Gasteiger partial charge in [0.2, 0.25) is 0 Å². The molecule has 3 heteroatoms. The lowest BCUT2D eigenvalue weighted by Crippen LogP contribution is -2.19. The van der Waals surface area contributed by atoms with Crippen molar-refractivity contribution in [2.24, 2.45) is 4.99 Å². The van der Waals surface area contributed by atoms with Crippen LogP contribution in [0.1, 0.15) is 36.8 Å². The van der Waals surface area contributed by atoms with Crippen LogP contribution in [0, 0.1) is 0 Å². The summed E-state index contributed by atoms with van der Waals surface area (Å²) in [6, 6.07) is 8.78. The van der Waals surface area contributed by atoms with Gasteiger partial charge in [-0.3, -0.25) is 0 Å². The molecule has 0 aromatic heterocycles. The van der Waals surface area contributed by atoms with Gasteiger partial charge in [-0.15, -0.1) is 0 Å². The molecule has 1 N–H and O–H groups in total. The zero-order chi connectivity index (χ0) is 18.4. The summed E-state index contributed by atoms with van der Waals surface area (Å²) in [5, 5.41) is 3.54. The Morgan fingerprint density at radius 2 is 2.00 bits per heavy atom. The number of hydrogen-bond acceptors (Lipinski definition) is 3. The molecule has 3 rings (SSSR count). The summed E-state index contributed by atoms with van der Waals surface area (Å²) in [7, 11) is 2.03. The fraction of sp³-hybridized carbons (Fsp3) is 0.348. The van der Waals surface area contributed by atoms with Crippen LogP contribution in [0.15, 0.2) is 72.2 Å². The first-order valence-electron chi connectivity index (χ1n) is 9.53. The molecule has 136 valence electrons. The molecule has 0 unspecified atom stereocenters. The highest BCUT2D eigenvalue weighted by Crippen LogP contribution is 2.27. The first-order valence-corrected chi connectivity index (χ1v) is 9.53. The molecule has 1 aromatic carbocycles. The van der Waals surface area contributed by atoms with Crippen LogP contribution in [-0.2, 0) is 6.42 Å². The van der Waals surface area contributed by atoms with Crippen molar-refractivity contribution in [1.29, 1.82) is 0 Å². The fourth-order valence-electron chi connectivity index (χ4n) is 3.42. The number of aryl methyl sites for hydroxylation is 1. The van der Waals surface area contributed by atoms with Crippen molar-refractivity contribution < 1.29 is 0 Å². The average Bonchev–Trinajstić information content (AvgIpc) is 2.65. The smallest absolute Gasteiger partial charge is 0.140 e. The molecule has 0 saturated heterocycles. The summed E-state index contributed by atoms with van der Waals surface area (Å²) >= 11 is 0. The second-order valence-corrected chi connectivity index (χ2v) is 6.98. The molecule has 0 atom stereocenters. The lowest BCUT2D eigenvalue weighted by molar-refractivity contribution is 0.560. The zero-order valence-corrected chi connectivity index (χ0v) is 15.8. The van der Waals surface area contributed by atoms with Crippen molar-refractivity contribution in [3.05, 3.63) is 78.3 Å². The molecule has 4 bridgehead atoms. The lowest BCUT2D eigenvalue weighted by atomic mass is 9.99. The molecule has 0 radical (unpaired) electrons. The molecule has 0 saturated carbocycles. The second-order valence-electron chi connectivity index (χ2n) is 6.98. The van der Waals surface area contributed by atoms with E-state index in [1.165, 1.54) is 24.0 Å². The number of hydrogen-bond donors (Lipinski definition) is 1. The minimum absolute atomic E-state index is 0.931. The monoisotopic (exact) mass is 347 g/mol. The van der Waals surface area contributed by atoms with Gasteiger partial charge in [-0.05, 0) is 68.0 Å². The maximum atomic E-state index is 4.92. The summed E-state index contributed by atoms with van der Waals surface area (Å²) in [5.74, 6) is 0.931. The molecule has 0 spiro atoms. The van der Waals surface area contributed by atoms with Crippen LogP contribution in [0.25, 0.3) is 5.57 Å². The predicted octanol–water partition coefficient (Wildman–Crippen LogP) is 4.70. The Balaban J connectivity index is 2.03. The SMILES string of the molecule is C=C/C1=C2/N=C(C=CN2C)C(=C)CCCNCCCCc2cccc1c2. The van der Waals surface area contributed by atoms with E-state index in [9.17, 15) is 0 Å². The second kappa shape index (κ2) is 8.81. The highest BCUT2D eigenvalue weighted by Gasteiger charge is 2.16. The minimum Gasteiger partial charge on any atom is -0.335 e. The third-order valence-corrected chi connectivity index (χ3v) is 4.96. The maximum Gasteiger partial charge on any atom is 0.140 e. The Bertz CT molecular complexity index is 767. The van der Waals surface area contributed by atoms with E-state index in [1.807, 2.05) is 13.1 Å². The third-order valence-electron chi connectivity index (χ3n) is 4.96.